The maximum Gasteiger partial charge on any atom is 0.412 e. The molecule has 8 nitrogen and oxygen atoms in total. The molecular weight excluding hydrogens is 471 g/mol. The highest BCUT2D eigenvalue weighted by molar-refractivity contribution is 5.73. The largest absolute Gasteiger partial charge is 0.412 e. The summed E-state index contributed by atoms with van der Waals surface area (Å²) in [4.78, 5) is 4.01. The molecule has 1 atom stereocenters. The van der Waals surface area contributed by atoms with Crippen molar-refractivity contribution in [1.29, 1.82) is 0 Å². The monoisotopic (exact) mass is 505 g/mol. The highest BCUT2D eigenvalue weighted by Gasteiger charge is 2.36. The zero-order chi connectivity index (χ0) is 25.3. The lowest BCUT2D eigenvalue weighted by Gasteiger charge is -2.28. The van der Waals surface area contributed by atoms with Crippen LogP contribution >= 0.6 is 0 Å². The molecule has 1 aliphatic heterocycles. The van der Waals surface area contributed by atoms with Gasteiger partial charge in [0.1, 0.15) is 12.4 Å². The summed E-state index contributed by atoms with van der Waals surface area (Å²) in [5.41, 5.74) is 6.73. The van der Waals surface area contributed by atoms with Crippen molar-refractivity contribution in [3.05, 3.63) is 41.3 Å². The predicted molar refractivity (Wildman–Crippen MR) is 128 cm³/mol. The fourth-order valence-corrected chi connectivity index (χ4v) is 5.69. The molecule has 36 heavy (non-hydrogen) atoms. The zero-order valence-corrected chi connectivity index (χ0v) is 20.6. The van der Waals surface area contributed by atoms with E-state index in [1.165, 1.54) is 5.56 Å². The summed E-state index contributed by atoms with van der Waals surface area (Å²) in [6.45, 7) is 0.0667. The summed E-state index contributed by atoms with van der Waals surface area (Å²) >= 11 is 0. The molecule has 0 saturated heterocycles. The Kier molecular flexibility index (Phi) is 7.30. The van der Waals surface area contributed by atoms with E-state index in [2.05, 4.69) is 31.2 Å². The lowest BCUT2D eigenvalue weighted by atomic mass is 9.79. The molecule has 0 spiro atoms. The van der Waals surface area contributed by atoms with E-state index in [-0.39, 0.29) is 13.0 Å². The van der Waals surface area contributed by atoms with E-state index in [0.717, 1.165) is 69.5 Å². The Morgan fingerprint density at radius 2 is 1.75 bits per heavy atom. The second-order valence-corrected chi connectivity index (χ2v) is 10.4. The first-order valence-electron chi connectivity index (χ1n) is 12.9. The van der Waals surface area contributed by atoms with E-state index in [9.17, 15) is 13.2 Å². The number of hydrogen-bond acceptors (Lipinski definition) is 6. The Balaban J connectivity index is 1.13. The Hall–Kier alpha value is -2.53. The molecule has 3 heterocycles. The van der Waals surface area contributed by atoms with E-state index in [0.29, 0.717) is 29.7 Å². The molecule has 2 aromatic rings. The molecule has 1 unspecified atom stereocenters. The highest BCUT2D eigenvalue weighted by Crippen LogP contribution is 2.40. The molecule has 196 valence electrons. The van der Waals surface area contributed by atoms with Gasteiger partial charge in [-0.15, -0.1) is 10.2 Å². The first-order chi connectivity index (χ1) is 17.3. The predicted octanol–water partition coefficient (Wildman–Crippen LogP) is 4.70. The molecule has 2 aliphatic carbocycles. The standard InChI is InChI=1S/C25H34F3N7O/c1-34-22(15-36-23-12-19(10-11-30-23)25(26,27)28)32-33-24(34)17-4-2-16(3-5-17)18-13-31-35(14-18)21-8-6-20(29)7-9-21/h10-11,13-14,16-17,20-21,23H,2-9,12,15,29H2,1H3. The van der Waals surface area contributed by atoms with Gasteiger partial charge in [0.25, 0.3) is 0 Å². The van der Waals surface area contributed by atoms with Crippen LogP contribution < -0.4 is 5.73 Å². The van der Waals surface area contributed by atoms with Crippen LogP contribution in [0.3, 0.4) is 0 Å². The summed E-state index contributed by atoms with van der Waals surface area (Å²) in [5, 5.41) is 13.3. The Labute approximate surface area is 208 Å². The van der Waals surface area contributed by atoms with Crippen molar-refractivity contribution in [2.75, 3.05) is 0 Å². The number of aliphatic imine (C=N–C) groups is 1. The van der Waals surface area contributed by atoms with Crippen LogP contribution in [0.2, 0.25) is 0 Å². The lowest BCUT2D eigenvalue weighted by Crippen LogP contribution is -2.28. The van der Waals surface area contributed by atoms with Crippen molar-refractivity contribution in [1.82, 2.24) is 24.5 Å². The Morgan fingerprint density at radius 1 is 1.03 bits per heavy atom. The molecule has 5 rings (SSSR count). The van der Waals surface area contributed by atoms with E-state index >= 15 is 0 Å². The van der Waals surface area contributed by atoms with Gasteiger partial charge in [0.05, 0.1) is 12.2 Å². The minimum atomic E-state index is -4.37. The highest BCUT2D eigenvalue weighted by atomic mass is 19.4. The van der Waals surface area contributed by atoms with Gasteiger partial charge in [-0.1, -0.05) is 0 Å². The van der Waals surface area contributed by atoms with E-state index in [4.69, 9.17) is 10.5 Å². The van der Waals surface area contributed by atoms with Crippen molar-refractivity contribution in [2.45, 2.75) is 101 Å². The van der Waals surface area contributed by atoms with Gasteiger partial charge < -0.3 is 15.0 Å². The number of aromatic nitrogens is 5. The number of halogens is 3. The van der Waals surface area contributed by atoms with Gasteiger partial charge in [-0.05, 0) is 68.9 Å². The van der Waals surface area contributed by atoms with Crippen molar-refractivity contribution >= 4 is 6.21 Å². The van der Waals surface area contributed by atoms with Crippen LogP contribution in [0, 0.1) is 0 Å². The number of allylic oxidation sites excluding steroid dienone is 1. The maximum atomic E-state index is 13.0. The summed E-state index contributed by atoms with van der Waals surface area (Å²) in [5.74, 6) is 2.30. The number of hydrogen-bond donors (Lipinski definition) is 1. The third-order valence-corrected chi connectivity index (χ3v) is 7.99. The molecule has 2 fully saturated rings. The summed E-state index contributed by atoms with van der Waals surface area (Å²) in [7, 11) is 1.89. The fourth-order valence-electron chi connectivity index (χ4n) is 5.69. The van der Waals surface area contributed by atoms with E-state index in [1.54, 1.807) is 0 Å². The fraction of sp³-hybridized carbons (Fsp3) is 0.680. The van der Waals surface area contributed by atoms with Crippen LogP contribution in [0.15, 0.2) is 29.0 Å². The molecule has 0 aromatic carbocycles. The number of ether oxygens (including phenoxy) is 1. The van der Waals surface area contributed by atoms with Crippen LogP contribution in [0.5, 0.6) is 0 Å². The molecule has 2 N–H and O–H groups in total. The smallest absolute Gasteiger partial charge is 0.348 e. The second-order valence-electron chi connectivity index (χ2n) is 10.4. The van der Waals surface area contributed by atoms with Crippen LogP contribution in [-0.4, -0.2) is 49.2 Å². The van der Waals surface area contributed by atoms with E-state index < -0.39 is 18.0 Å². The number of nitrogens with two attached hydrogens (primary N) is 1. The maximum absolute atomic E-state index is 13.0. The third kappa shape index (κ3) is 5.56. The minimum absolute atomic E-state index is 0.0667. The Bertz CT molecular complexity index is 1090. The van der Waals surface area contributed by atoms with Crippen molar-refractivity contribution in [3.63, 3.8) is 0 Å². The third-order valence-electron chi connectivity index (χ3n) is 7.99. The number of rotatable bonds is 6. The first kappa shape index (κ1) is 25.1. The van der Waals surface area contributed by atoms with Gasteiger partial charge in [0.15, 0.2) is 12.1 Å². The Morgan fingerprint density at radius 3 is 2.47 bits per heavy atom. The average molecular weight is 506 g/mol. The normalized spacial score (nSPS) is 29.4. The van der Waals surface area contributed by atoms with Gasteiger partial charge in [0, 0.05) is 43.4 Å². The van der Waals surface area contributed by atoms with Gasteiger partial charge >= 0.3 is 6.18 Å². The molecular formula is C25H34F3N7O. The minimum Gasteiger partial charge on any atom is -0.348 e. The first-order valence-corrected chi connectivity index (χ1v) is 12.9. The van der Waals surface area contributed by atoms with Gasteiger partial charge in [-0.25, -0.2) is 0 Å². The summed E-state index contributed by atoms with van der Waals surface area (Å²) in [6.07, 6.45) is 9.36. The molecule has 3 aliphatic rings. The average Bonchev–Trinajstić information content (AvgIpc) is 3.50. The van der Waals surface area contributed by atoms with Crippen molar-refractivity contribution in [2.24, 2.45) is 17.8 Å². The topological polar surface area (TPSA) is 96.1 Å². The van der Waals surface area contributed by atoms with Crippen LogP contribution in [-0.2, 0) is 18.4 Å². The zero-order valence-electron chi connectivity index (χ0n) is 20.6. The SMILES string of the molecule is Cn1c(COC2CC(C(F)(F)F)=CC=N2)nnc1C1CCC(c2cnn(C3CCC(N)CC3)c2)CC1. The van der Waals surface area contributed by atoms with Gasteiger partial charge in [-0.3, -0.25) is 9.67 Å². The van der Waals surface area contributed by atoms with E-state index in [1.807, 2.05) is 17.8 Å². The van der Waals surface area contributed by atoms with Crippen molar-refractivity contribution < 1.29 is 17.9 Å². The summed E-state index contributed by atoms with van der Waals surface area (Å²) < 4.78 is 48.6. The number of dihydropyridines is 1. The van der Waals surface area contributed by atoms with Crippen molar-refractivity contribution in [3.8, 4) is 0 Å². The van der Waals surface area contributed by atoms with Crippen LogP contribution in [0.25, 0.3) is 0 Å². The lowest BCUT2D eigenvalue weighted by molar-refractivity contribution is -0.0994. The number of nitrogens with zero attached hydrogens (tertiary/aromatic N) is 6. The quantitative estimate of drug-likeness (QED) is 0.614. The second kappa shape index (κ2) is 10.5. The molecule has 11 heteroatoms. The van der Waals surface area contributed by atoms with Gasteiger partial charge in [-0.2, -0.15) is 18.3 Å². The molecule has 0 bridgehead atoms. The van der Waals surface area contributed by atoms with Gasteiger partial charge in [0.2, 0.25) is 0 Å². The molecule has 0 radical (unpaired) electrons. The molecule has 2 aromatic heterocycles. The summed E-state index contributed by atoms with van der Waals surface area (Å²) in [6, 6.07) is 0.795. The molecule has 0 amide bonds. The molecule has 2 saturated carbocycles. The van der Waals surface area contributed by atoms with Crippen LogP contribution in [0.1, 0.15) is 92.9 Å². The van der Waals surface area contributed by atoms with Crippen LogP contribution in [0.4, 0.5) is 13.2 Å². The number of alkyl halides is 3.